The monoisotopic (exact) mass is 219 g/mol. The topological polar surface area (TPSA) is 43.8 Å². The lowest BCUT2D eigenvalue weighted by Crippen LogP contribution is -2.13. The van der Waals surface area contributed by atoms with Gasteiger partial charge in [-0.1, -0.05) is 19.1 Å². The van der Waals surface area contributed by atoms with Crippen LogP contribution in [-0.2, 0) is 0 Å². The minimum atomic E-state index is -0.258. The van der Waals surface area contributed by atoms with Crippen molar-refractivity contribution in [3.63, 3.8) is 0 Å². The summed E-state index contributed by atoms with van der Waals surface area (Å²) in [4.78, 5) is 4.05. The summed E-state index contributed by atoms with van der Waals surface area (Å²) in [6, 6.07) is 6.63. The predicted molar refractivity (Wildman–Crippen MR) is 61.0 cm³/mol. The smallest absolute Gasteiger partial charge is 0.147 e. The van der Waals surface area contributed by atoms with Gasteiger partial charge < -0.3 is 10.3 Å². The van der Waals surface area contributed by atoms with Gasteiger partial charge in [-0.05, 0) is 12.1 Å². The Hall–Kier alpha value is -1.68. The number of hydrogen-bond acceptors (Lipinski definition) is 2. The Morgan fingerprint density at radius 2 is 2.19 bits per heavy atom. The maximum atomic E-state index is 13.6. The molecule has 1 aromatic carbocycles. The van der Waals surface area contributed by atoms with E-state index in [9.17, 15) is 4.39 Å². The lowest BCUT2D eigenvalue weighted by Gasteiger charge is -2.13. The predicted octanol–water partition coefficient (Wildman–Crippen LogP) is 2.07. The minimum Gasteiger partial charge on any atom is -0.330 e. The number of para-hydroxylation sites is 1. The number of halogens is 1. The van der Waals surface area contributed by atoms with E-state index < -0.39 is 0 Å². The van der Waals surface area contributed by atoms with Gasteiger partial charge in [0.2, 0.25) is 0 Å². The highest BCUT2D eigenvalue weighted by Crippen LogP contribution is 2.20. The van der Waals surface area contributed by atoms with Crippen LogP contribution in [0, 0.1) is 5.82 Å². The first kappa shape index (κ1) is 10.8. The van der Waals surface area contributed by atoms with Gasteiger partial charge in [-0.15, -0.1) is 0 Å². The average molecular weight is 219 g/mol. The van der Waals surface area contributed by atoms with Gasteiger partial charge in [-0.25, -0.2) is 9.37 Å². The van der Waals surface area contributed by atoms with Crippen molar-refractivity contribution in [2.75, 3.05) is 6.54 Å². The molecule has 2 aromatic rings. The third-order valence-electron chi connectivity index (χ3n) is 2.64. The third-order valence-corrected chi connectivity index (χ3v) is 2.64. The average Bonchev–Trinajstić information content (AvgIpc) is 2.77. The van der Waals surface area contributed by atoms with Gasteiger partial charge in [-0.2, -0.15) is 0 Å². The maximum absolute atomic E-state index is 13.6. The summed E-state index contributed by atoms with van der Waals surface area (Å²) in [5, 5.41) is 0. The van der Waals surface area contributed by atoms with Crippen LogP contribution in [0.15, 0.2) is 36.8 Å². The molecule has 1 heterocycles. The summed E-state index contributed by atoms with van der Waals surface area (Å²) in [6.07, 6.45) is 3.34. The Kier molecular flexibility index (Phi) is 3.01. The summed E-state index contributed by atoms with van der Waals surface area (Å²) in [7, 11) is 0. The van der Waals surface area contributed by atoms with Crippen molar-refractivity contribution in [1.29, 1.82) is 0 Å². The molecular formula is C12H14FN3. The van der Waals surface area contributed by atoms with E-state index >= 15 is 0 Å². The number of rotatable bonds is 3. The van der Waals surface area contributed by atoms with E-state index in [1.807, 2.05) is 6.92 Å². The first-order valence-electron chi connectivity index (χ1n) is 5.21. The van der Waals surface area contributed by atoms with Crippen LogP contribution in [0.25, 0.3) is 5.69 Å². The molecule has 0 bridgehead atoms. The summed E-state index contributed by atoms with van der Waals surface area (Å²) in [5.41, 5.74) is 7.05. The first-order valence-corrected chi connectivity index (χ1v) is 5.21. The van der Waals surface area contributed by atoms with Crippen molar-refractivity contribution in [3.05, 3.63) is 48.3 Å². The molecule has 1 atom stereocenters. The standard InChI is InChI=1S/C12H14FN3/c1-9(6-14)12-7-15-8-16(12)11-5-3-2-4-10(11)13/h2-5,7-9H,6,14H2,1H3. The van der Waals surface area contributed by atoms with Crippen LogP contribution in [0.1, 0.15) is 18.5 Å². The number of nitrogens with zero attached hydrogens (tertiary/aromatic N) is 2. The van der Waals surface area contributed by atoms with Gasteiger partial charge in [0.1, 0.15) is 5.82 Å². The SMILES string of the molecule is CC(CN)c1cncn1-c1ccccc1F. The van der Waals surface area contributed by atoms with Gasteiger partial charge in [0.05, 0.1) is 12.0 Å². The summed E-state index contributed by atoms with van der Waals surface area (Å²) in [5.74, 6) is -0.104. The molecule has 2 N–H and O–H groups in total. The maximum Gasteiger partial charge on any atom is 0.147 e. The fourth-order valence-electron chi connectivity index (χ4n) is 1.64. The van der Waals surface area contributed by atoms with E-state index in [-0.39, 0.29) is 11.7 Å². The van der Waals surface area contributed by atoms with E-state index in [0.29, 0.717) is 12.2 Å². The molecule has 0 aliphatic rings. The summed E-state index contributed by atoms with van der Waals surface area (Å²) >= 11 is 0. The molecule has 0 spiro atoms. The zero-order chi connectivity index (χ0) is 11.5. The molecule has 0 fully saturated rings. The van der Waals surface area contributed by atoms with Gasteiger partial charge in [0, 0.05) is 24.4 Å². The van der Waals surface area contributed by atoms with Gasteiger partial charge in [-0.3, -0.25) is 0 Å². The van der Waals surface area contributed by atoms with Crippen molar-refractivity contribution < 1.29 is 4.39 Å². The first-order chi connectivity index (χ1) is 7.74. The van der Waals surface area contributed by atoms with E-state index in [2.05, 4.69) is 4.98 Å². The number of benzene rings is 1. The normalized spacial score (nSPS) is 12.7. The molecule has 1 unspecified atom stereocenters. The van der Waals surface area contributed by atoms with Crippen LogP contribution >= 0.6 is 0 Å². The van der Waals surface area contributed by atoms with Crippen molar-refractivity contribution in [3.8, 4) is 5.69 Å². The highest BCUT2D eigenvalue weighted by molar-refractivity contribution is 5.35. The van der Waals surface area contributed by atoms with E-state index in [1.165, 1.54) is 6.07 Å². The molecular weight excluding hydrogens is 205 g/mol. The molecule has 84 valence electrons. The van der Waals surface area contributed by atoms with E-state index in [0.717, 1.165) is 5.69 Å². The van der Waals surface area contributed by atoms with Crippen LogP contribution in [0.5, 0.6) is 0 Å². The Labute approximate surface area is 93.7 Å². The van der Waals surface area contributed by atoms with Crippen LogP contribution < -0.4 is 5.73 Å². The second-order valence-electron chi connectivity index (χ2n) is 3.78. The highest BCUT2D eigenvalue weighted by atomic mass is 19.1. The fourth-order valence-corrected chi connectivity index (χ4v) is 1.64. The number of nitrogens with two attached hydrogens (primary N) is 1. The van der Waals surface area contributed by atoms with Crippen LogP contribution in [0.4, 0.5) is 4.39 Å². The quantitative estimate of drug-likeness (QED) is 0.858. The Bertz CT molecular complexity index is 479. The van der Waals surface area contributed by atoms with Gasteiger partial charge in [0.25, 0.3) is 0 Å². The van der Waals surface area contributed by atoms with Crippen LogP contribution in [-0.4, -0.2) is 16.1 Å². The van der Waals surface area contributed by atoms with Crippen molar-refractivity contribution >= 4 is 0 Å². The van der Waals surface area contributed by atoms with E-state index in [4.69, 9.17) is 5.73 Å². The van der Waals surface area contributed by atoms with Gasteiger partial charge >= 0.3 is 0 Å². The molecule has 2 rings (SSSR count). The zero-order valence-corrected chi connectivity index (χ0v) is 9.10. The zero-order valence-electron chi connectivity index (χ0n) is 9.10. The van der Waals surface area contributed by atoms with Crippen molar-refractivity contribution in [2.24, 2.45) is 5.73 Å². The Morgan fingerprint density at radius 1 is 1.44 bits per heavy atom. The third kappa shape index (κ3) is 1.84. The van der Waals surface area contributed by atoms with Gasteiger partial charge in [0.15, 0.2) is 0 Å². The summed E-state index contributed by atoms with van der Waals surface area (Å²) < 4.78 is 15.4. The molecule has 0 radical (unpaired) electrons. The number of aromatic nitrogens is 2. The Morgan fingerprint density at radius 3 is 2.88 bits per heavy atom. The van der Waals surface area contributed by atoms with Crippen LogP contribution in [0.2, 0.25) is 0 Å². The molecule has 0 saturated carbocycles. The number of imidazole rings is 1. The minimum absolute atomic E-state index is 0.155. The van der Waals surface area contributed by atoms with E-state index in [1.54, 1.807) is 35.3 Å². The lowest BCUT2D eigenvalue weighted by molar-refractivity contribution is 0.611. The van der Waals surface area contributed by atoms with Crippen molar-refractivity contribution in [1.82, 2.24) is 9.55 Å². The molecule has 3 nitrogen and oxygen atoms in total. The molecule has 16 heavy (non-hydrogen) atoms. The van der Waals surface area contributed by atoms with Crippen molar-refractivity contribution in [2.45, 2.75) is 12.8 Å². The molecule has 0 saturated heterocycles. The Balaban J connectivity index is 2.49. The van der Waals surface area contributed by atoms with Crippen LogP contribution in [0.3, 0.4) is 0 Å². The molecule has 4 heteroatoms. The fraction of sp³-hybridized carbons (Fsp3) is 0.250. The molecule has 1 aromatic heterocycles. The lowest BCUT2D eigenvalue weighted by atomic mass is 10.1. The summed E-state index contributed by atoms with van der Waals surface area (Å²) in [6.45, 7) is 2.51. The second-order valence-corrected chi connectivity index (χ2v) is 3.78. The number of hydrogen-bond donors (Lipinski definition) is 1. The molecule has 0 aliphatic heterocycles. The molecule has 0 aliphatic carbocycles. The highest BCUT2D eigenvalue weighted by Gasteiger charge is 2.12. The largest absolute Gasteiger partial charge is 0.330 e. The second kappa shape index (κ2) is 4.45. The molecule has 0 amide bonds.